The zero-order valence-corrected chi connectivity index (χ0v) is 12.7. The first-order chi connectivity index (χ1) is 9.54. The molecule has 0 aromatic carbocycles. The number of nitrogens with one attached hydrogen (secondary N) is 1. The van der Waals surface area contributed by atoms with Gasteiger partial charge in [0.1, 0.15) is 0 Å². The van der Waals surface area contributed by atoms with Crippen LogP contribution in [0.15, 0.2) is 12.3 Å². The van der Waals surface area contributed by atoms with Gasteiger partial charge in [-0.15, -0.1) is 0 Å². The monoisotopic (exact) mass is 296 g/mol. The summed E-state index contributed by atoms with van der Waals surface area (Å²) in [6, 6.07) is 1.90. The number of amides is 1. The average Bonchev–Trinajstić information content (AvgIpc) is 2.46. The standard InChI is InChI=1S/C14H21ClN4O/c1-9-5-3-4-6-12(9)19(2)14(20)10-7-11(15)13(18-16)17-8-10/h7-9,12H,3-6,16H2,1-2H3,(H,17,18). The molecule has 110 valence electrons. The van der Waals surface area contributed by atoms with Crippen molar-refractivity contribution in [2.75, 3.05) is 12.5 Å². The minimum absolute atomic E-state index is 0.0401. The van der Waals surface area contributed by atoms with Crippen molar-refractivity contribution in [1.29, 1.82) is 0 Å². The number of carbonyl (C=O) groups is 1. The lowest BCUT2D eigenvalue weighted by molar-refractivity contribution is 0.0628. The molecule has 1 aromatic heterocycles. The van der Waals surface area contributed by atoms with Crippen LogP contribution in [-0.4, -0.2) is 28.9 Å². The van der Waals surface area contributed by atoms with Crippen molar-refractivity contribution in [2.24, 2.45) is 11.8 Å². The Morgan fingerprint density at radius 1 is 1.50 bits per heavy atom. The third-order valence-electron chi connectivity index (χ3n) is 4.11. The maximum Gasteiger partial charge on any atom is 0.255 e. The lowest BCUT2D eigenvalue weighted by Crippen LogP contribution is -2.42. The van der Waals surface area contributed by atoms with E-state index in [2.05, 4.69) is 17.3 Å². The van der Waals surface area contributed by atoms with Gasteiger partial charge in [-0.3, -0.25) is 4.79 Å². The lowest BCUT2D eigenvalue weighted by Gasteiger charge is -2.36. The van der Waals surface area contributed by atoms with Crippen LogP contribution in [0.1, 0.15) is 43.0 Å². The molecule has 3 N–H and O–H groups in total. The number of carbonyl (C=O) groups excluding carboxylic acids is 1. The number of nitrogen functional groups attached to an aromatic ring is 1. The first-order valence-corrected chi connectivity index (χ1v) is 7.31. The summed E-state index contributed by atoms with van der Waals surface area (Å²) < 4.78 is 0. The molecular weight excluding hydrogens is 276 g/mol. The molecule has 1 saturated carbocycles. The largest absolute Gasteiger partial charge is 0.338 e. The highest BCUT2D eigenvalue weighted by Gasteiger charge is 2.28. The van der Waals surface area contributed by atoms with Crippen molar-refractivity contribution in [1.82, 2.24) is 9.88 Å². The quantitative estimate of drug-likeness (QED) is 0.664. The second-order valence-corrected chi connectivity index (χ2v) is 5.85. The SMILES string of the molecule is CC1CCCCC1N(C)C(=O)c1cnc(NN)c(Cl)c1. The summed E-state index contributed by atoms with van der Waals surface area (Å²) in [5.74, 6) is 6.14. The van der Waals surface area contributed by atoms with E-state index < -0.39 is 0 Å². The fourth-order valence-electron chi connectivity index (χ4n) is 2.89. The van der Waals surface area contributed by atoms with Crippen LogP contribution in [0, 0.1) is 5.92 Å². The molecule has 1 amide bonds. The van der Waals surface area contributed by atoms with E-state index in [4.69, 9.17) is 17.4 Å². The summed E-state index contributed by atoms with van der Waals surface area (Å²) in [6.07, 6.45) is 6.18. The molecule has 0 aliphatic heterocycles. The van der Waals surface area contributed by atoms with Crippen LogP contribution in [0.2, 0.25) is 5.02 Å². The summed E-state index contributed by atoms with van der Waals surface area (Å²) >= 11 is 6.02. The van der Waals surface area contributed by atoms with Crippen molar-refractivity contribution in [3.8, 4) is 0 Å². The van der Waals surface area contributed by atoms with Gasteiger partial charge in [0, 0.05) is 19.3 Å². The van der Waals surface area contributed by atoms with Crippen LogP contribution >= 0.6 is 11.6 Å². The van der Waals surface area contributed by atoms with Crippen LogP contribution in [0.3, 0.4) is 0 Å². The zero-order valence-electron chi connectivity index (χ0n) is 11.9. The molecule has 2 unspecified atom stereocenters. The Morgan fingerprint density at radius 3 is 2.80 bits per heavy atom. The molecule has 20 heavy (non-hydrogen) atoms. The van der Waals surface area contributed by atoms with Crippen LogP contribution in [0.25, 0.3) is 0 Å². The van der Waals surface area contributed by atoms with E-state index in [0.29, 0.717) is 28.4 Å². The maximum absolute atomic E-state index is 12.5. The van der Waals surface area contributed by atoms with Gasteiger partial charge < -0.3 is 10.3 Å². The Bertz CT molecular complexity index is 494. The third-order valence-corrected chi connectivity index (χ3v) is 4.40. The number of aromatic nitrogens is 1. The summed E-state index contributed by atoms with van der Waals surface area (Å²) in [7, 11) is 1.86. The highest BCUT2D eigenvalue weighted by Crippen LogP contribution is 2.28. The molecule has 6 heteroatoms. The van der Waals surface area contributed by atoms with Gasteiger partial charge in [0.25, 0.3) is 5.91 Å². The van der Waals surface area contributed by atoms with Gasteiger partial charge in [0.2, 0.25) is 0 Å². The number of hydrogen-bond donors (Lipinski definition) is 2. The zero-order chi connectivity index (χ0) is 14.7. The molecule has 1 aromatic rings. The summed E-state index contributed by atoms with van der Waals surface area (Å²) in [5.41, 5.74) is 2.89. The third kappa shape index (κ3) is 3.04. The van der Waals surface area contributed by atoms with E-state index in [-0.39, 0.29) is 5.91 Å². The van der Waals surface area contributed by atoms with Gasteiger partial charge in [-0.25, -0.2) is 10.8 Å². The number of nitrogens with two attached hydrogens (primary N) is 1. The molecule has 1 aliphatic rings. The van der Waals surface area contributed by atoms with E-state index in [0.717, 1.165) is 6.42 Å². The molecule has 1 aliphatic carbocycles. The van der Waals surface area contributed by atoms with Crippen LogP contribution in [-0.2, 0) is 0 Å². The van der Waals surface area contributed by atoms with E-state index in [1.54, 1.807) is 6.07 Å². The van der Waals surface area contributed by atoms with Crippen LogP contribution in [0.5, 0.6) is 0 Å². The van der Waals surface area contributed by atoms with Crippen molar-refractivity contribution >= 4 is 23.3 Å². The van der Waals surface area contributed by atoms with Crippen LogP contribution in [0.4, 0.5) is 5.82 Å². The van der Waals surface area contributed by atoms with Gasteiger partial charge in [0.05, 0.1) is 10.6 Å². The molecule has 0 bridgehead atoms. The number of pyridine rings is 1. The number of nitrogens with zero attached hydrogens (tertiary/aromatic N) is 2. The van der Waals surface area contributed by atoms with Crippen molar-refractivity contribution in [3.05, 3.63) is 22.8 Å². The predicted octanol–water partition coefficient (Wildman–Crippen LogP) is 2.67. The highest BCUT2D eigenvalue weighted by molar-refractivity contribution is 6.33. The second-order valence-electron chi connectivity index (χ2n) is 5.44. The average molecular weight is 297 g/mol. The molecule has 2 rings (SSSR count). The van der Waals surface area contributed by atoms with E-state index in [1.807, 2.05) is 11.9 Å². The lowest BCUT2D eigenvalue weighted by atomic mass is 9.85. The fourth-order valence-corrected chi connectivity index (χ4v) is 3.11. The van der Waals surface area contributed by atoms with Gasteiger partial charge in [-0.05, 0) is 24.8 Å². The summed E-state index contributed by atoms with van der Waals surface area (Å²) in [4.78, 5) is 18.4. The Hall–Kier alpha value is -1.33. The van der Waals surface area contributed by atoms with E-state index in [9.17, 15) is 4.79 Å². The Balaban J connectivity index is 2.15. The first-order valence-electron chi connectivity index (χ1n) is 6.94. The molecule has 0 saturated heterocycles. The Labute approximate surface area is 124 Å². The van der Waals surface area contributed by atoms with Crippen molar-refractivity contribution in [2.45, 2.75) is 38.6 Å². The fraction of sp³-hybridized carbons (Fsp3) is 0.571. The van der Waals surface area contributed by atoms with Gasteiger partial charge in [-0.1, -0.05) is 31.4 Å². The minimum atomic E-state index is -0.0401. The van der Waals surface area contributed by atoms with Crippen molar-refractivity contribution in [3.63, 3.8) is 0 Å². The number of anilines is 1. The molecule has 0 spiro atoms. The molecule has 2 atom stereocenters. The Kier molecular flexibility index (Phi) is 4.83. The number of hydrogen-bond acceptors (Lipinski definition) is 4. The number of hydrazine groups is 1. The molecule has 1 heterocycles. The van der Waals surface area contributed by atoms with E-state index >= 15 is 0 Å². The van der Waals surface area contributed by atoms with Crippen molar-refractivity contribution < 1.29 is 4.79 Å². The van der Waals surface area contributed by atoms with Gasteiger partial charge >= 0.3 is 0 Å². The number of halogens is 1. The summed E-state index contributed by atoms with van der Waals surface area (Å²) in [6.45, 7) is 2.21. The Morgan fingerprint density at radius 2 is 2.20 bits per heavy atom. The predicted molar refractivity (Wildman–Crippen MR) is 80.6 cm³/mol. The van der Waals surface area contributed by atoms with Gasteiger partial charge in [-0.2, -0.15) is 0 Å². The van der Waals surface area contributed by atoms with Crippen LogP contribution < -0.4 is 11.3 Å². The maximum atomic E-state index is 12.5. The second kappa shape index (κ2) is 6.41. The first kappa shape index (κ1) is 15.1. The van der Waals surface area contributed by atoms with E-state index in [1.165, 1.54) is 25.5 Å². The topological polar surface area (TPSA) is 71.2 Å². The summed E-state index contributed by atoms with van der Waals surface area (Å²) in [5, 5.41) is 0.350. The highest BCUT2D eigenvalue weighted by atomic mass is 35.5. The minimum Gasteiger partial charge on any atom is -0.338 e. The van der Waals surface area contributed by atoms with Gasteiger partial charge in [0.15, 0.2) is 5.82 Å². The molecular formula is C14H21ClN4O. The number of rotatable bonds is 3. The smallest absolute Gasteiger partial charge is 0.255 e. The molecule has 0 radical (unpaired) electrons. The normalized spacial score (nSPS) is 22.4. The molecule has 1 fully saturated rings. The molecule has 5 nitrogen and oxygen atoms in total.